The van der Waals surface area contributed by atoms with Gasteiger partial charge in [-0.1, -0.05) is 98.8 Å². The lowest BCUT2D eigenvalue weighted by atomic mass is 10.0. The first-order chi connectivity index (χ1) is 8.31. The molecule has 4 unspecified atom stereocenters. The van der Waals surface area contributed by atoms with Crippen LogP contribution in [0.5, 0.6) is 0 Å². The Kier molecular flexibility index (Phi) is 5.44. The molecule has 0 spiro atoms. The molecule has 1 radical (unpaired) electrons. The maximum absolute atomic E-state index is 4.37. The van der Waals surface area contributed by atoms with Crippen LogP contribution in [0.1, 0.15) is 65.2 Å². The zero-order valence-electron chi connectivity index (χ0n) is 12.0. The number of rotatable bonds is 5. The average molecular weight is 249 g/mol. The molecule has 0 heterocycles. The van der Waals surface area contributed by atoms with Crippen LogP contribution in [-0.2, 0) is 0 Å². The Hall–Kier alpha value is 0.532. The van der Waals surface area contributed by atoms with Gasteiger partial charge in [0.2, 0.25) is 0 Å². The molecule has 0 nitrogen and oxygen atoms in total. The van der Waals surface area contributed by atoms with Crippen molar-refractivity contribution >= 4 is 14.1 Å². The van der Waals surface area contributed by atoms with Gasteiger partial charge in [-0.3, -0.25) is 0 Å². The monoisotopic (exact) mass is 249 g/mol. The Morgan fingerprint density at radius 2 is 1.35 bits per heavy atom. The van der Waals surface area contributed by atoms with E-state index < -0.39 is 14.1 Å². The van der Waals surface area contributed by atoms with E-state index in [1.807, 2.05) is 0 Å². The fourth-order valence-corrected chi connectivity index (χ4v) is 10.2. The van der Waals surface area contributed by atoms with Gasteiger partial charge in [0.25, 0.3) is 14.1 Å². The molecule has 2 aliphatic carbocycles. The van der Waals surface area contributed by atoms with E-state index in [-0.39, 0.29) is 0 Å². The van der Waals surface area contributed by atoms with E-state index in [9.17, 15) is 0 Å². The molecule has 0 aromatic heterocycles. The minimum atomic E-state index is -0.580. The minimum Gasteiger partial charge on any atom is -0.0936 e. The summed E-state index contributed by atoms with van der Waals surface area (Å²) in [5, 5.41) is 1.34. The largest absolute Gasteiger partial charge is 0.269 e. The summed E-state index contributed by atoms with van der Waals surface area (Å²) in [7, 11) is 0. The van der Waals surface area contributed by atoms with Crippen molar-refractivity contribution in [1.29, 1.82) is 0 Å². The highest BCUT2D eigenvalue weighted by Gasteiger charge is 2.43. The molecular formula is C16H30Al. The van der Waals surface area contributed by atoms with E-state index >= 15 is 0 Å². The summed E-state index contributed by atoms with van der Waals surface area (Å²) < 4.78 is 2.32. The van der Waals surface area contributed by atoms with Crippen LogP contribution in [0.15, 0.2) is 0 Å². The molecule has 1 heteroatoms. The second-order valence-electron chi connectivity index (χ2n) is 6.48. The molecule has 0 aliphatic heterocycles. The molecule has 0 amide bonds. The highest BCUT2D eigenvalue weighted by Crippen LogP contribution is 2.51. The summed E-state index contributed by atoms with van der Waals surface area (Å²) in [5.41, 5.74) is 0. The van der Waals surface area contributed by atoms with Gasteiger partial charge in [-0.2, -0.15) is 0 Å². The van der Waals surface area contributed by atoms with Gasteiger partial charge in [0.05, 0.1) is 0 Å². The van der Waals surface area contributed by atoms with E-state index in [1.54, 1.807) is 12.8 Å². The highest BCUT2D eigenvalue weighted by molar-refractivity contribution is 6.62. The van der Waals surface area contributed by atoms with Crippen molar-refractivity contribution in [2.24, 2.45) is 11.8 Å². The first-order valence-corrected chi connectivity index (χ1v) is 10.3. The summed E-state index contributed by atoms with van der Waals surface area (Å²) in [4.78, 5) is 0. The molecule has 2 rings (SSSR count). The zero-order valence-corrected chi connectivity index (χ0v) is 13.1. The molecule has 0 saturated heterocycles. The molecule has 0 aromatic carbocycles. The maximum Gasteiger partial charge on any atom is 0.269 e. The van der Waals surface area contributed by atoms with E-state index in [2.05, 4.69) is 20.8 Å². The number of hydrogen-bond donors (Lipinski definition) is 0. The third-order valence-corrected chi connectivity index (χ3v) is 10.5. The van der Waals surface area contributed by atoms with Gasteiger partial charge in [0.1, 0.15) is 0 Å². The average Bonchev–Trinajstić information content (AvgIpc) is 2.98. The molecule has 2 saturated carbocycles. The maximum atomic E-state index is 4.37. The second-order valence-corrected chi connectivity index (χ2v) is 10.1. The van der Waals surface area contributed by atoms with Crippen LogP contribution in [0, 0.1) is 18.8 Å². The van der Waals surface area contributed by atoms with Crippen LogP contribution in [0.25, 0.3) is 0 Å². The van der Waals surface area contributed by atoms with Gasteiger partial charge < -0.3 is 0 Å². The molecule has 17 heavy (non-hydrogen) atoms. The smallest absolute Gasteiger partial charge is 0.0936 e. The van der Waals surface area contributed by atoms with Crippen molar-refractivity contribution in [3.8, 4) is 0 Å². The van der Waals surface area contributed by atoms with Gasteiger partial charge in [-0.25, -0.2) is 0 Å². The van der Waals surface area contributed by atoms with Crippen molar-refractivity contribution in [1.82, 2.24) is 0 Å². The lowest BCUT2D eigenvalue weighted by molar-refractivity contribution is 0.488. The van der Waals surface area contributed by atoms with Gasteiger partial charge in [-0.15, -0.1) is 0 Å². The quantitative estimate of drug-likeness (QED) is 0.566. The molecule has 4 atom stereocenters. The molecule has 97 valence electrons. The Bertz CT molecular complexity index is 204. The normalized spacial score (nSPS) is 37.6. The molecule has 2 aliphatic rings. The van der Waals surface area contributed by atoms with Crippen molar-refractivity contribution < 1.29 is 0 Å². The predicted octanol–water partition coefficient (Wildman–Crippen LogP) is 5.48. The minimum absolute atomic E-state index is 0.580. The topological polar surface area (TPSA) is 0 Å². The number of hydrogen-bond acceptors (Lipinski definition) is 0. The van der Waals surface area contributed by atoms with Crippen molar-refractivity contribution in [2.75, 3.05) is 0 Å². The van der Waals surface area contributed by atoms with Gasteiger partial charge >= 0.3 is 0 Å². The standard InChI is InChI=1S/2C7H13.C2H4.Al/c2*1-2-7-5-3-4-6-7;1-2;/h2*5,7H,2-4,6H2,1H3;1-2H2;. The Labute approximate surface area is 113 Å². The highest BCUT2D eigenvalue weighted by atomic mass is 27.2. The third-order valence-electron chi connectivity index (χ3n) is 5.92. The Balaban J connectivity index is 2.04. The molecule has 0 N–H and O–H groups in total. The summed E-state index contributed by atoms with van der Waals surface area (Å²) >= 11 is -0.580. The summed E-state index contributed by atoms with van der Waals surface area (Å²) in [6.45, 7) is 9.21. The molecule has 0 aromatic rings. The predicted molar refractivity (Wildman–Crippen MR) is 78.7 cm³/mol. The van der Waals surface area contributed by atoms with E-state index in [4.69, 9.17) is 0 Å². The van der Waals surface area contributed by atoms with Crippen LogP contribution in [0.3, 0.4) is 0 Å². The molecule has 0 bridgehead atoms. The molecular weight excluding hydrogens is 219 g/mol. The Morgan fingerprint density at radius 1 is 0.882 bits per heavy atom. The van der Waals surface area contributed by atoms with E-state index in [1.165, 1.54) is 43.8 Å². The van der Waals surface area contributed by atoms with Crippen LogP contribution < -0.4 is 0 Å². The lowest BCUT2D eigenvalue weighted by Crippen LogP contribution is -2.30. The van der Waals surface area contributed by atoms with Crippen LogP contribution in [0.4, 0.5) is 0 Å². The zero-order chi connectivity index (χ0) is 12.3. The van der Waals surface area contributed by atoms with Crippen LogP contribution >= 0.6 is 0 Å². The second kappa shape index (κ2) is 6.63. The fourth-order valence-electron chi connectivity index (χ4n) is 5.02. The van der Waals surface area contributed by atoms with Gasteiger partial charge in [0.15, 0.2) is 0 Å². The van der Waals surface area contributed by atoms with E-state index in [0.717, 1.165) is 21.4 Å². The van der Waals surface area contributed by atoms with Crippen LogP contribution in [-0.4, -0.2) is 14.1 Å². The van der Waals surface area contributed by atoms with Crippen LogP contribution in [0.2, 0.25) is 14.8 Å². The summed E-state index contributed by atoms with van der Waals surface area (Å²) in [5.74, 6) is 2.18. The lowest BCUT2D eigenvalue weighted by Gasteiger charge is -2.31. The van der Waals surface area contributed by atoms with Gasteiger partial charge in [-0.05, 0) is 0 Å². The summed E-state index contributed by atoms with van der Waals surface area (Å²) in [6, 6.07) is 0. The summed E-state index contributed by atoms with van der Waals surface area (Å²) in [6.07, 6.45) is 12.1. The Morgan fingerprint density at radius 3 is 1.71 bits per heavy atom. The van der Waals surface area contributed by atoms with Crippen molar-refractivity contribution in [3.63, 3.8) is 0 Å². The first kappa shape index (κ1) is 14.0. The SMILES string of the molecule is [CH2][CH2][Al]([CH]1CCCC1CC)[CH]1CCCC1CC. The van der Waals surface area contributed by atoms with Gasteiger partial charge in [0, 0.05) is 0 Å². The third kappa shape index (κ3) is 2.93. The van der Waals surface area contributed by atoms with Crippen molar-refractivity contribution in [2.45, 2.75) is 80.1 Å². The van der Waals surface area contributed by atoms with E-state index in [0.29, 0.717) is 0 Å². The molecule has 2 fully saturated rings. The fraction of sp³-hybridized carbons (Fsp3) is 0.938. The first-order valence-electron chi connectivity index (χ1n) is 8.11. The van der Waals surface area contributed by atoms with Crippen molar-refractivity contribution in [3.05, 3.63) is 6.92 Å².